The summed E-state index contributed by atoms with van der Waals surface area (Å²) in [4.78, 5) is 0. The van der Waals surface area contributed by atoms with E-state index in [0.717, 1.165) is 12.8 Å². The minimum absolute atomic E-state index is 0.525. The van der Waals surface area contributed by atoms with Gasteiger partial charge in [0.2, 0.25) is 5.69 Å². The topological polar surface area (TPSA) is 3.88 Å². The molecule has 1 aromatic heterocycles. The van der Waals surface area contributed by atoms with E-state index in [9.17, 15) is 0 Å². The molecule has 0 amide bonds. The zero-order valence-corrected chi connectivity index (χ0v) is 18.7. The van der Waals surface area contributed by atoms with E-state index in [1.54, 1.807) is 0 Å². The van der Waals surface area contributed by atoms with Crippen molar-refractivity contribution in [2.24, 2.45) is 7.05 Å². The van der Waals surface area contributed by atoms with Crippen LogP contribution in [0.4, 0.5) is 0 Å². The summed E-state index contributed by atoms with van der Waals surface area (Å²) < 4.78 is 2.32. The third kappa shape index (κ3) is 2.96. The Morgan fingerprint density at radius 1 is 0.800 bits per heavy atom. The summed E-state index contributed by atoms with van der Waals surface area (Å²) in [5, 5.41) is 2.67. The maximum atomic E-state index is 2.43. The maximum Gasteiger partial charge on any atom is 0.213 e. The van der Waals surface area contributed by atoms with Crippen LogP contribution in [0.5, 0.6) is 0 Å². The lowest BCUT2D eigenvalue weighted by Gasteiger charge is -2.24. The number of fused-ring (bicyclic) bond motifs is 4. The smallest absolute Gasteiger partial charge is 0.201 e. The lowest BCUT2D eigenvalue weighted by Crippen LogP contribution is -2.32. The quantitative estimate of drug-likeness (QED) is 0.329. The molecule has 5 rings (SSSR count). The summed E-state index contributed by atoms with van der Waals surface area (Å²) in [5.41, 5.74) is 12.8. The molecular formula is C29H30N+. The van der Waals surface area contributed by atoms with Crippen LogP contribution in [0, 0.1) is 13.8 Å². The number of rotatable bonds is 2. The van der Waals surface area contributed by atoms with Crippen molar-refractivity contribution in [3.63, 3.8) is 0 Å². The van der Waals surface area contributed by atoms with E-state index in [4.69, 9.17) is 0 Å². The first-order valence-corrected chi connectivity index (χ1v) is 11.1. The highest BCUT2D eigenvalue weighted by Crippen LogP contribution is 2.41. The number of hydrogen-bond donors (Lipinski definition) is 0. The predicted molar refractivity (Wildman–Crippen MR) is 127 cm³/mol. The average Bonchev–Trinajstić information content (AvgIpc) is 2.72. The third-order valence-corrected chi connectivity index (χ3v) is 6.82. The molecule has 0 saturated heterocycles. The SMILES string of the molecule is Cc1c[n+](C)c(-c2c(C)ccc3c2CCc2cc4ccccc4cc2-3)cc1C(C)C. The summed E-state index contributed by atoms with van der Waals surface area (Å²) in [6.45, 7) is 9.08. The number of aromatic nitrogens is 1. The van der Waals surface area contributed by atoms with Crippen molar-refractivity contribution >= 4 is 10.8 Å². The van der Waals surface area contributed by atoms with Crippen LogP contribution in [0.2, 0.25) is 0 Å². The Morgan fingerprint density at radius 3 is 2.27 bits per heavy atom. The van der Waals surface area contributed by atoms with Gasteiger partial charge in [0, 0.05) is 11.6 Å². The summed E-state index contributed by atoms with van der Waals surface area (Å²) in [7, 11) is 2.19. The normalized spacial score (nSPS) is 12.9. The predicted octanol–water partition coefficient (Wildman–Crippen LogP) is 6.84. The summed E-state index contributed by atoms with van der Waals surface area (Å²) in [5.74, 6) is 0.525. The van der Waals surface area contributed by atoms with Crippen molar-refractivity contribution in [2.75, 3.05) is 0 Å². The van der Waals surface area contributed by atoms with Crippen LogP contribution in [0.25, 0.3) is 33.2 Å². The van der Waals surface area contributed by atoms with E-state index < -0.39 is 0 Å². The van der Waals surface area contributed by atoms with E-state index in [2.05, 4.69) is 100 Å². The molecule has 1 aliphatic rings. The number of benzene rings is 3. The number of nitrogens with zero attached hydrogens (tertiary/aromatic N) is 1. The first kappa shape index (κ1) is 19.1. The van der Waals surface area contributed by atoms with Crippen LogP contribution in [0.1, 0.15) is 47.6 Å². The molecule has 3 aromatic carbocycles. The second-order valence-electron chi connectivity index (χ2n) is 9.20. The fourth-order valence-corrected chi connectivity index (χ4v) is 5.31. The van der Waals surface area contributed by atoms with Crippen LogP contribution in [0.15, 0.2) is 60.8 Å². The Hall–Kier alpha value is -2.93. The van der Waals surface area contributed by atoms with Crippen molar-refractivity contribution in [1.82, 2.24) is 0 Å². The van der Waals surface area contributed by atoms with Crippen LogP contribution in [-0.2, 0) is 19.9 Å². The van der Waals surface area contributed by atoms with Gasteiger partial charge in [0.05, 0.1) is 5.56 Å². The molecule has 0 atom stereocenters. The first-order valence-electron chi connectivity index (χ1n) is 11.1. The molecule has 150 valence electrons. The zero-order valence-electron chi connectivity index (χ0n) is 18.7. The Morgan fingerprint density at radius 2 is 1.53 bits per heavy atom. The molecule has 0 aliphatic heterocycles. The Labute approximate surface area is 180 Å². The molecule has 4 aromatic rings. The van der Waals surface area contributed by atoms with Crippen molar-refractivity contribution in [2.45, 2.75) is 46.5 Å². The van der Waals surface area contributed by atoms with E-state index in [-0.39, 0.29) is 0 Å². The summed E-state index contributed by atoms with van der Waals surface area (Å²) >= 11 is 0. The minimum Gasteiger partial charge on any atom is -0.201 e. The molecule has 1 heteroatoms. The van der Waals surface area contributed by atoms with Gasteiger partial charge >= 0.3 is 0 Å². The van der Waals surface area contributed by atoms with Gasteiger partial charge in [-0.05, 0) is 82.8 Å². The molecule has 0 bridgehead atoms. The van der Waals surface area contributed by atoms with Crippen LogP contribution in [-0.4, -0.2) is 0 Å². The highest BCUT2D eigenvalue weighted by atomic mass is 14.9. The lowest BCUT2D eigenvalue weighted by molar-refractivity contribution is -0.660. The van der Waals surface area contributed by atoms with Crippen LogP contribution >= 0.6 is 0 Å². The van der Waals surface area contributed by atoms with Gasteiger partial charge in [0.1, 0.15) is 7.05 Å². The minimum atomic E-state index is 0.525. The van der Waals surface area contributed by atoms with E-state index in [0.29, 0.717) is 5.92 Å². The third-order valence-electron chi connectivity index (χ3n) is 6.82. The van der Waals surface area contributed by atoms with Gasteiger partial charge in [0.15, 0.2) is 6.20 Å². The Bertz CT molecular complexity index is 1290. The molecule has 1 aliphatic carbocycles. The van der Waals surface area contributed by atoms with Gasteiger partial charge in [-0.15, -0.1) is 0 Å². The Balaban J connectivity index is 1.77. The highest BCUT2D eigenvalue weighted by molar-refractivity contribution is 5.92. The second-order valence-corrected chi connectivity index (χ2v) is 9.20. The van der Waals surface area contributed by atoms with Gasteiger partial charge in [0.25, 0.3) is 0 Å². The van der Waals surface area contributed by atoms with Crippen molar-refractivity contribution in [1.29, 1.82) is 0 Å². The molecule has 0 saturated carbocycles. The molecule has 1 heterocycles. The second kappa shape index (κ2) is 7.09. The van der Waals surface area contributed by atoms with Gasteiger partial charge in [-0.25, -0.2) is 4.57 Å². The van der Waals surface area contributed by atoms with Crippen LogP contribution < -0.4 is 4.57 Å². The van der Waals surface area contributed by atoms with Gasteiger partial charge in [-0.2, -0.15) is 0 Å². The monoisotopic (exact) mass is 392 g/mol. The number of hydrogen-bond acceptors (Lipinski definition) is 0. The largest absolute Gasteiger partial charge is 0.213 e. The number of pyridine rings is 1. The molecule has 0 unspecified atom stereocenters. The highest BCUT2D eigenvalue weighted by Gasteiger charge is 2.26. The fourth-order valence-electron chi connectivity index (χ4n) is 5.31. The zero-order chi connectivity index (χ0) is 21.0. The van der Waals surface area contributed by atoms with E-state index in [1.165, 1.54) is 61.0 Å². The average molecular weight is 393 g/mol. The van der Waals surface area contributed by atoms with Gasteiger partial charge in [-0.3, -0.25) is 0 Å². The summed E-state index contributed by atoms with van der Waals surface area (Å²) in [6.07, 6.45) is 4.51. The number of aryl methyl sites for hydroxylation is 4. The Kier molecular flexibility index (Phi) is 4.50. The first-order chi connectivity index (χ1) is 14.4. The summed E-state index contributed by atoms with van der Waals surface area (Å²) in [6, 6.07) is 20.6. The molecule has 0 radical (unpaired) electrons. The molecule has 1 nitrogen and oxygen atoms in total. The molecular weight excluding hydrogens is 362 g/mol. The molecule has 0 fully saturated rings. The van der Waals surface area contributed by atoms with E-state index in [1.807, 2.05) is 0 Å². The fraction of sp³-hybridized carbons (Fsp3) is 0.276. The molecule has 0 spiro atoms. The lowest BCUT2D eigenvalue weighted by atomic mass is 9.80. The standard InChI is InChI=1S/C29H30N/c1-18(2)26-16-28(30(5)17-20(26)4)29-19(3)10-12-24-25(29)13-11-23-14-21-8-6-7-9-22(21)15-27(23)24/h6-10,12,14-18H,11,13H2,1-5H3/q+1. The van der Waals surface area contributed by atoms with Crippen molar-refractivity contribution in [3.05, 3.63) is 88.6 Å². The van der Waals surface area contributed by atoms with Gasteiger partial charge in [-0.1, -0.05) is 56.3 Å². The van der Waals surface area contributed by atoms with Crippen molar-refractivity contribution in [3.8, 4) is 22.4 Å². The van der Waals surface area contributed by atoms with Crippen molar-refractivity contribution < 1.29 is 4.57 Å². The maximum absolute atomic E-state index is 2.43. The van der Waals surface area contributed by atoms with E-state index >= 15 is 0 Å². The molecule has 30 heavy (non-hydrogen) atoms. The van der Waals surface area contributed by atoms with Crippen LogP contribution in [0.3, 0.4) is 0 Å². The molecule has 0 N–H and O–H groups in total. The van der Waals surface area contributed by atoms with Gasteiger partial charge < -0.3 is 0 Å².